The van der Waals surface area contributed by atoms with Gasteiger partial charge in [-0.1, -0.05) is 6.92 Å². The van der Waals surface area contributed by atoms with E-state index in [1.165, 1.54) is 12.8 Å². The fourth-order valence-corrected chi connectivity index (χ4v) is 7.33. The van der Waals surface area contributed by atoms with Crippen molar-refractivity contribution in [2.24, 2.45) is 28.6 Å². The lowest BCUT2D eigenvalue weighted by molar-refractivity contribution is -0.207. The number of rotatable bonds is 4. The van der Waals surface area contributed by atoms with E-state index in [4.69, 9.17) is 9.47 Å². The number of aliphatic hydroxyl groups is 1. The van der Waals surface area contributed by atoms with Crippen LogP contribution in [0.25, 0.3) is 0 Å². The molecule has 0 radical (unpaired) electrons. The molecule has 26 heavy (non-hydrogen) atoms. The lowest BCUT2D eigenvalue weighted by atomic mass is 9.44. The Kier molecular flexibility index (Phi) is 4.77. The molecule has 4 fully saturated rings. The normalized spacial score (nSPS) is 50.8. The molecule has 148 valence electrons. The molecule has 4 nitrogen and oxygen atoms in total. The number of ketones is 1. The molecule has 0 saturated heterocycles. The standard InChI is InChI=1S/C22H36O4/c1-4-25-14-26-16-7-10-20(2)15(13-16)5-6-18-17(20)8-11-21(3)19(23)9-12-22(18,21)24/h15-18,24H,4-14H2,1-3H3/t15-,16+,17?,18?,20+,21-,22+/m1/s1. The maximum Gasteiger partial charge on any atom is 0.147 e. The lowest BCUT2D eigenvalue weighted by Gasteiger charge is -2.62. The quantitative estimate of drug-likeness (QED) is 0.603. The zero-order chi connectivity index (χ0) is 18.6. The Morgan fingerprint density at radius 2 is 1.88 bits per heavy atom. The molecular weight excluding hydrogens is 328 g/mol. The third kappa shape index (κ3) is 2.55. The second-order valence-corrected chi connectivity index (χ2v) is 9.88. The van der Waals surface area contributed by atoms with Gasteiger partial charge < -0.3 is 14.6 Å². The van der Waals surface area contributed by atoms with Crippen LogP contribution < -0.4 is 0 Å². The van der Waals surface area contributed by atoms with E-state index in [1.54, 1.807) is 0 Å². The number of Topliss-reactive ketones (excluding diaryl/α,β-unsaturated/α-hetero) is 1. The highest BCUT2D eigenvalue weighted by molar-refractivity contribution is 5.88. The molecule has 7 atom stereocenters. The van der Waals surface area contributed by atoms with E-state index in [2.05, 4.69) is 6.92 Å². The first-order valence-corrected chi connectivity index (χ1v) is 10.8. The van der Waals surface area contributed by atoms with Gasteiger partial charge in [0.2, 0.25) is 0 Å². The first-order valence-electron chi connectivity index (χ1n) is 10.8. The fourth-order valence-electron chi connectivity index (χ4n) is 7.33. The predicted molar refractivity (Wildman–Crippen MR) is 99.6 cm³/mol. The summed E-state index contributed by atoms with van der Waals surface area (Å²) < 4.78 is 11.3. The summed E-state index contributed by atoms with van der Waals surface area (Å²) in [5, 5.41) is 11.7. The summed E-state index contributed by atoms with van der Waals surface area (Å²) in [6, 6.07) is 0. The Balaban J connectivity index is 1.51. The van der Waals surface area contributed by atoms with Crippen LogP contribution in [0.1, 0.15) is 78.6 Å². The maximum absolute atomic E-state index is 12.6. The lowest BCUT2D eigenvalue weighted by Crippen LogP contribution is -2.62. The van der Waals surface area contributed by atoms with Crippen LogP contribution in [0.4, 0.5) is 0 Å². The SMILES string of the molecule is CCOCO[C@H]1CC[C@]2(C)C3CC[C@]4(C)C(=O)CC[C@]4(O)C3CC[C@@H]2C1. The molecule has 4 saturated carbocycles. The molecule has 0 spiro atoms. The average molecular weight is 365 g/mol. The minimum absolute atomic E-state index is 0.289. The highest BCUT2D eigenvalue weighted by Gasteiger charge is 2.67. The molecule has 0 aromatic rings. The number of hydrogen-bond acceptors (Lipinski definition) is 4. The van der Waals surface area contributed by atoms with Crippen LogP contribution in [0.2, 0.25) is 0 Å². The Labute approximate surface area is 158 Å². The summed E-state index contributed by atoms with van der Waals surface area (Å²) in [4.78, 5) is 12.6. The van der Waals surface area contributed by atoms with Crippen LogP contribution in [0.5, 0.6) is 0 Å². The first-order chi connectivity index (χ1) is 12.3. The van der Waals surface area contributed by atoms with Crippen molar-refractivity contribution in [3.63, 3.8) is 0 Å². The van der Waals surface area contributed by atoms with Gasteiger partial charge in [-0.2, -0.15) is 0 Å². The Bertz CT molecular complexity index is 562. The Morgan fingerprint density at radius 1 is 1.08 bits per heavy atom. The van der Waals surface area contributed by atoms with E-state index in [1.807, 2.05) is 13.8 Å². The van der Waals surface area contributed by atoms with Crippen molar-refractivity contribution in [3.05, 3.63) is 0 Å². The van der Waals surface area contributed by atoms with E-state index in [0.717, 1.165) is 32.1 Å². The van der Waals surface area contributed by atoms with E-state index in [0.29, 0.717) is 55.9 Å². The van der Waals surface area contributed by atoms with Gasteiger partial charge in [-0.25, -0.2) is 0 Å². The highest BCUT2D eigenvalue weighted by atomic mass is 16.7. The van der Waals surface area contributed by atoms with Crippen molar-refractivity contribution in [1.82, 2.24) is 0 Å². The van der Waals surface area contributed by atoms with Crippen LogP contribution in [0, 0.1) is 28.6 Å². The summed E-state index contributed by atoms with van der Waals surface area (Å²) in [6.45, 7) is 7.63. The average Bonchev–Trinajstić information content (AvgIpc) is 2.86. The second-order valence-electron chi connectivity index (χ2n) is 9.88. The van der Waals surface area contributed by atoms with Crippen LogP contribution in [-0.2, 0) is 14.3 Å². The minimum Gasteiger partial charge on any atom is -0.389 e. The molecule has 4 rings (SSSR count). The van der Waals surface area contributed by atoms with E-state index < -0.39 is 11.0 Å². The van der Waals surface area contributed by atoms with Crippen molar-refractivity contribution in [2.75, 3.05) is 13.4 Å². The van der Waals surface area contributed by atoms with Crippen LogP contribution in [-0.4, -0.2) is 36.0 Å². The van der Waals surface area contributed by atoms with Gasteiger partial charge in [0.25, 0.3) is 0 Å². The van der Waals surface area contributed by atoms with E-state index in [9.17, 15) is 9.90 Å². The number of carbonyl (C=O) groups is 1. The molecule has 0 aliphatic heterocycles. The van der Waals surface area contributed by atoms with Crippen molar-refractivity contribution >= 4 is 5.78 Å². The summed E-state index contributed by atoms with van der Waals surface area (Å²) in [6.07, 6.45) is 9.19. The Morgan fingerprint density at radius 3 is 2.65 bits per heavy atom. The monoisotopic (exact) mass is 364 g/mol. The van der Waals surface area contributed by atoms with Gasteiger partial charge in [0, 0.05) is 13.0 Å². The molecule has 4 aliphatic carbocycles. The smallest absolute Gasteiger partial charge is 0.147 e. The largest absolute Gasteiger partial charge is 0.389 e. The fraction of sp³-hybridized carbons (Fsp3) is 0.955. The molecule has 2 unspecified atom stereocenters. The summed E-state index contributed by atoms with van der Waals surface area (Å²) >= 11 is 0. The molecule has 0 bridgehead atoms. The summed E-state index contributed by atoms with van der Waals surface area (Å²) in [5.74, 6) is 1.83. The van der Waals surface area contributed by atoms with Gasteiger partial charge in [-0.3, -0.25) is 4.79 Å². The van der Waals surface area contributed by atoms with Gasteiger partial charge in [0.05, 0.1) is 17.1 Å². The highest BCUT2D eigenvalue weighted by Crippen LogP contribution is 2.66. The second kappa shape index (κ2) is 6.56. The van der Waals surface area contributed by atoms with E-state index >= 15 is 0 Å². The first kappa shape index (κ1) is 18.9. The van der Waals surface area contributed by atoms with Crippen molar-refractivity contribution in [2.45, 2.75) is 90.3 Å². The third-order valence-corrected chi connectivity index (χ3v) is 9.11. The third-order valence-electron chi connectivity index (χ3n) is 9.11. The summed E-state index contributed by atoms with van der Waals surface area (Å²) in [7, 11) is 0. The van der Waals surface area contributed by atoms with Crippen LogP contribution >= 0.6 is 0 Å². The van der Waals surface area contributed by atoms with Gasteiger partial charge in [0.15, 0.2) is 0 Å². The zero-order valence-corrected chi connectivity index (χ0v) is 16.8. The number of hydrogen-bond donors (Lipinski definition) is 1. The molecule has 0 heterocycles. The topological polar surface area (TPSA) is 55.8 Å². The van der Waals surface area contributed by atoms with Crippen molar-refractivity contribution in [3.8, 4) is 0 Å². The number of ether oxygens (including phenoxy) is 2. The molecule has 1 N–H and O–H groups in total. The van der Waals surface area contributed by atoms with Crippen molar-refractivity contribution in [1.29, 1.82) is 0 Å². The molecule has 0 aromatic heterocycles. The number of fused-ring (bicyclic) bond motifs is 5. The molecule has 0 aromatic carbocycles. The van der Waals surface area contributed by atoms with Crippen LogP contribution in [0.3, 0.4) is 0 Å². The van der Waals surface area contributed by atoms with Crippen LogP contribution in [0.15, 0.2) is 0 Å². The summed E-state index contributed by atoms with van der Waals surface area (Å²) in [5.41, 5.74) is -0.963. The van der Waals surface area contributed by atoms with Gasteiger partial charge in [-0.15, -0.1) is 0 Å². The molecule has 4 aliphatic rings. The van der Waals surface area contributed by atoms with Gasteiger partial charge >= 0.3 is 0 Å². The molecule has 4 heteroatoms. The van der Waals surface area contributed by atoms with Gasteiger partial charge in [0.1, 0.15) is 12.6 Å². The van der Waals surface area contributed by atoms with Gasteiger partial charge in [-0.05, 0) is 88.4 Å². The molecule has 0 amide bonds. The predicted octanol–water partition coefficient (Wildman–Crippen LogP) is 4.09. The van der Waals surface area contributed by atoms with E-state index in [-0.39, 0.29) is 5.41 Å². The zero-order valence-electron chi connectivity index (χ0n) is 16.8. The minimum atomic E-state index is -0.761. The maximum atomic E-state index is 12.6. The van der Waals surface area contributed by atoms with Crippen molar-refractivity contribution < 1.29 is 19.4 Å². The Hall–Kier alpha value is -0.450. The molecular formula is C22H36O4. The number of carbonyl (C=O) groups excluding carboxylic acids is 1.